The molecule has 2 rings (SSSR count). The normalized spacial score (nSPS) is 9.93. The van der Waals surface area contributed by atoms with Gasteiger partial charge in [-0.15, -0.1) is 0 Å². The Morgan fingerprint density at radius 1 is 1.33 bits per heavy atom. The van der Waals surface area contributed by atoms with Crippen molar-refractivity contribution in [3.05, 3.63) is 30.4 Å². The SMILES string of the molecule is CNc1cncc(NCc2ccno2)n1. The van der Waals surface area contributed by atoms with Gasteiger partial charge in [-0.05, 0) is 0 Å². The second-order valence-corrected chi connectivity index (χ2v) is 2.87. The van der Waals surface area contributed by atoms with Gasteiger partial charge in [0.15, 0.2) is 5.76 Å². The average Bonchev–Trinajstić information content (AvgIpc) is 2.79. The Kier molecular flexibility index (Phi) is 2.77. The fraction of sp³-hybridized carbons (Fsp3) is 0.222. The fourth-order valence-electron chi connectivity index (χ4n) is 1.08. The van der Waals surface area contributed by atoms with Gasteiger partial charge in [-0.25, -0.2) is 4.98 Å². The predicted octanol–water partition coefficient (Wildman–Crippen LogP) is 1.12. The molecule has 0 unspecified atom stereocenters. The highest BCUT2D eigenvalue weighted by molar-refractivity contribution is 5.40. The third-order valence-corrected chi connectivity index (χ3v) is 1.83. The van der Waals surface area contributed by atoms with Crippen molar-refractivity contribution in [3.63, 3.8) is 0 Å². The lowest BCUT2D eigenvalue weighted by Gasteiger charge is -2.04. The summed E-state index contributed by atoms with van der Waals surface area (Å²) in [6.07, 6.45) is 4.91. The van der Waals surface area contributed by atoms with E-state index in [0.29, 0.717) is 12.4 Å². The second-order valence-electron chi connectivity index (χ2n) is 2.87. The topological polar surface area (TPSA) is 75.9 Å². The van der Waals surface area contributed by atoms with Crippen molar-refractivity contribution in [2.45, 2.75) is 6.54 Å². The zero-order chi connectivity index (χ0) is 10.5. The molecule has 0 bridgehead atoms. The van der Waals surface area contributed by atoms with Gasteiger partial charge in [-0.2, -0.15) is 0 Å². The summed E-state index contributed by atoms with van der Waals surface area (Å²) in [6.45, 7) is 0.543. The number of nitrogens with zero attached hydrogens (tertiary/aromatic N) is 3. The minimum Gasteiger partial charge on any atom is -0.372 e. The van der Waals surface area contributed by atoms with E-state index in [9.17, 15) is 0 Å². The van der Waals surface area contributed by atoms with Crippen molar-refractivity contribution >= 4 is 11.6 Å². The number of hydrogen-bond donors (Lipinski definition) is 2. The smallest absolute Gasteiger partial charge is 0.155 e. The lowest BCUT2D eigenvalue weighted by atomic mass is 10.4. The summed E-state index contributed by atoms with van der Waals surface area (Å²) in [4.78, 5) is 8.27. The van der Waals surface area contributed by atoms with Crippen LogP contribution < -0.4 is 10.6 Å². The molecular weight excluding hydrogens is 194 g/mol. The monoisotopic (exact) mass is 205 g/mol. The Morgan fingerprint density at radius 3 is 2.93 bits per heavy atom. The minimum absolute atomic E-state index is 0.543. The van der Waals surface area contributed by atoms with Gasteiger partial charge in [-0.3, -0.25) is 4.98 Å². The molecule has 2 aromatic rings. The van der Waals surface area contributed by atoms with Crippen LogP contribution in [0.15, 0.2) is 29.2 Å². The van der Waals surface area contributed by atoms with E-state index >= 15 is 0 Å². The van der Waals surface area contributed by atoms with E-state index in [4.69, 9.17) is 4.52 Å². The van der Waals surface area contributed by atoms with Crippen LogP contribution in [0.5, 0.6) is 0 Å². The summed E-state index contributed by atoms with van der Waals surface area (Å²) < 4.78 is 4.94. The standard InChI is InChI=1S/C9H11N5O/c1-10-8-5-11-6-9(14-8)12-4-7-2-3-13-15-7/h2-3,5-6H,4H2,1H3,(H2,10,12,14). The van der Waals surface area contributed by atoms with E-state index in [2.05, 4.69) is 25.8 Å². The van der Waals surface area contributed by atoms with Crippen molar-refractivity contribution in [1.29, 1.82) is 0 Å². The summed E-state index contributed by atoms with van der Waals surface area (Å²) in [7, 11) is 1.80. The second kappa shape index (κ2) is 4.41. The van der Waals surface area contributed by atoms with E-state index < -0.39 is 0 Å². The molecule has 15 heavy (non-hydrogen) atoms. The Labute approximate surface area is 86.7 Å². The van der Waals surface area contributed by atoms with Crippen LogP contribution in [0.25, 0.3) is 0 Å². The highest BCUT2D eigenvalue weighted by Gasteiger charge is 1.99. The van der Waals surface area contributed by atoms with E-state index in [0.717, 1.165) is 11.6 Å². The number of aromatic nitrogens is 3. The van der Waals surface area contributed by atoms with Crippen LogP contribution in [-0.4, -0.2) is 22.2 Å². The van der Waals surface area contributed by atoms with Gasteiger partial charge < -0.3 is 15.2 Å². The van der Waals surface area contributed by atoms with Crippen molar-refractivity contribution in [2.75, 3.05) is 17.7 Å². The molecule has 0 radical (unpaired) electrons. The van der Waals surface area contributed by atoms with Gasteiger partial charge in [0.25, 0.3) is 0 Å². The molecule has 6 heteroatoms. The van der Waals surface area contributed by atoms with Crippen molar-refractivity contribution in [2.24, 2.45) is 0 Å². The van der Waals surface area contributed by atoms with Crippen LogP contribution in [0.4, 0.5) is 11.6 Å². The minimum atomic E-state index is 0.543. The number of nitrogens with one attached hydrogen (secondary N) is 2. The molecule has 0 aliphatic rings. The fourth-order valence-corrected chi connectivity index (χ4v) is 1.08. The molecule has 0 saturated carbocycles. The molecule has 0 aromatic carbocycles. The van der Waals surface area contributed by atoms with Crippen LogP contribution >= 0.6 is 0 Å². The Balaban J connectivity index is 1.98. The van der Waals surface area contributed by atoms with E-state index in [1.807, 2.05) is 0 Å². The quantitative estimate of drug-likeness (QED) is 0.778. The van der Waals surface area contributed by atoms with Gasteiger partial charge in [0.2, 0.25) is 0 Å². The Bertz CT molecular complexity index is 414. The third-order valence-electron chi connectivity index (χ3n) is 1.83. The summed E-state index contributed by atoms with van der Waals surface area (Å²) >= 11 is 0. The third kappa shape index (κ3) is 2.43. The number of rotatable bonds is 4. The molecule has 2 aromatic heterocycles. The van der Waals surface area contributed by atoms with E-state index in [-0.39, 0.29) is 0 Å². The van der Waals surface area contributed by atoms with Crippen molar-refractivity contribution in [3.8, 4) is 0 Å². The van der Waals surface area contributed by atoms with Gasteiger partial charge in [0.05, 0.1) is 25.1 Å². The molecule has 0 fully saturated rings. The maximum absolute atomic E-state index is 4.94. The van der Waals surface area contributed by atoms with Crippen LogP contribution in [0, 0.1) is 0 Å². The summed E-state index contributed by atoms with van der Waals surface area (Å²) in [5, 5.41) is 9.59. The molecule has 2 heterocycles. The molecule has 2 N–H and O–H groups in total. The summed E-state index contributed by atoms with van der Waals surface area (Å²) in [5.41, 5.74) is 0. The number of hydrogen-bond acceptors (Lipinski definition) is 6. The molecule has 0 aliphatic heterocycles. The zero-order valence-corrected chi connectivity index (χ0v) is 8.27. The first kappa shape index (κ1) is 9.45. The Hall–Kier alpha value is -2.11. The Morgan fingerprint density at radius 2 is 2.20 bits per heavy atom. The molecule has 6 nitrogen and oxygen atoms in total. The van der Waals surface area contributed by atoms with Crippen LogP contribution in [0.2, 0.25) is 0 Å². The van der Waals surface area contributed by atoms with Gasteiger partial charge in [0, 0.05) is 13.1 Å². The van der Waals surface area contributed by atoms with E-state index in [1.54, 1.807) is 31.7 Å². The first-order valence-corrected chi connectivity index (χ1v) is 4.51. The first-order chi connectivity index (χ1) is 7.38. The summed E-state index contributed by atoms with van der Waals surface area (Å²) in [5.74, 6) is 2.17. The zero-order valence-electron chi connectivity index (χ0n) is 8.27. The average molecular weight is 205 g/mol. The molecule has 0 aliphatic carbocycles. The van der Waals surface area contributed by atoms with Gasteiger partial charge >= 0.3 is 0 Å². The first-order valence-electron chi connectivity index (χ1n) is 4.51. The lowest BCUT2D eigenvalue weighted by molar-refractivity contribution is 0.388. The molecular formula is C9H11N5O. The van der Waals surface area contributed by atoms with Crippen molar-refractivity contribution < 1.29 is 4.52 Å². The molecule has 0 amide bonds. The van der Waals surface area contributed by atoms with Gasteiger partial charge in [0.1, 0.15) is 11.6 Å². The molecule has 0 saturated heterocycles. The predicted molar refractivity (Wildman–Crippen MR) is 55.4 cm³/mol. The largest absolute Gasteiger partial charge is 0.372 e. The van der Waals surface area contributed by atoms with Crippen LogP contribution in [0.3, 0.4) is 0 Å². The highest BCUT2D eigenvalue weighted by Crippen LogP contribution is 2.07. The molecule has 0 atom stereocenters. The van der Waals surface area contributed by atoms with Crippen LogP contribution in [-0.2, 0) is 6.54 Å². The molecule has 78 valence electrons. The summed E-state index contributed by atoms with van der Waals surface area (Å²) in [6, 6.07) is 1.79. The van der Waals surface area contributed by atoms with Crippen LogP contribution in [0.1, 0.15) is 5.76 Å². The van der Waals surface area contributed by atoms with E-state index in [1.165, 1.54) is 0 Å². The maximum atomic E-state index is 4.94. The highest BCUT2D eigenvalue weighted by atomic mass is 16.5. The van der Waals surface area contributed by atoms with Crippen molar-refractivity contribution in [1.82, 2.24) is 15.1 Å². The number of anilines is 2. The maximum Gasteiger partial charge on any atom is 0.155 e. The van der Waals surface area contributed by atoms with Gasteiger partial charge in [-0.1, -0.05) is 5.16 Å². The molecule has 0 spiro atoms. The lowest BCUT2D eigenvalue weighted by Crippen LogP contribution is -2.02.